The van der Waals surface area contributed by atoms with Gasteiger partial charge in [0.25, 0.3) is 0 Å². The third-order valence-corrected chi connectivity index (χ3v) is 8.23. The van der Waals surface area contributed by atoms with Crippen LogP contribution in [-0.4, -0.2) is 52.8 Å². The number of fused-ring (bicyclic) bond motifs is 2. The summed E-state index contributed by atoms with van der Waals surface area (Å²) in [6.07, 6.45) is 1.88. The van der Waals surface area contributed by atoms with Gasteiger partial charge in [-0.3, -0.25) is 9.13 Å². The lowest BCUT2D eigenvalue weighted by atomic mass is 9.96. The number of aromatic nitrogens is 4. The number of piperidine rings is 1. The van der Waals surface area contributed by atoms with Crippen molar-refractivity contribution in [1.29, 1.82) is 0 Å². The van der Waals surface area contributed by atoms with Crippen LogP contribution in [0.2, 0.25) is 5.02 Å². The lowest BCUT2D eigenvalue weighted by molar-refractivity contribution is 0.355. The van der Waals surface area contributed by atoms with E-state index in [4.69, 9.17) is 11.6 Å². The zero-order valence-corrected chi connectivity index (χ0v) is 24.8. The van der Waals surface area contributed by atoms with Gasteiger partial charge in [0.1, 0.15) is 11.6 Å². The lowest BCUT2D eigenvalue weighted by Crippen LogP contribution is -2.37. The summed E-state index contributed by atoms with van der Waals surface area (Å²) in [5.74, 6) is 1.61. The van der Waals surface area contributed by atoms with Gasteiger partial charge in [-0.1, -0.05) is 29.8 Å². The highest BCUT2D eigenvalue weighted by atomic mass is 35.5. The van der Waals surface area contributed by atoms with Crippen LogP contribution in [0, 0.1) is 5.92 Å². The Kier molecular flexibility index (Phi) is 7.60. The Morgan fingerprint density at radius 3 is 2.40 bits per heavy atom. The van der Waals surface area contributed by atoms with Gasteiger partial charge < -0.3 is 15.1 Å². The maximum absolute atomic E-state index is 13.3. The number of halogens is 1. The topological polar surface area (TPSA) is 88.3 Å². The molecule has 1 saturated heterocycles. The van der Waals surface area contributed by atoms with Crippen molar-refractivity contribution in [2.75, 3.05) is 48.8 Å². The van der Waals surface area contributed by atoms with Crippen LogP contribution in [0.5, 0.6) is 0 Å². The molecule has 6 rings (SSSR count). The van der Waals surface area contributed by atoms with Crippen molar-refractivity contribution in [2.24, 2.45) is 5.92 Å². The standard InChI is InChI=1S/C32H34ClN7O2/c1-4-34-29-25-10-5-6-11-27(25)39(31(41)35-29)20-21-14-16-38(17-15-21)23-8-7-9-24(19-23)40-28-18-22(33)12-13-26(28)30(37(2)3)36-32(40)42/h5-13,18-19,21H,4,14-17,20H2,1-3H3,(H,34,35,41). The summed E-state index contributed by atoms with van der Waals surface area (Å²) in [4.78, 5) is 39.2. The quantitative estimate of drug-likeness (QED) is 0.283. The molecular weight excluding hydrogens is 550 g/mol. The van der Waals surface area contributed by atoms with E-state index in [1.807, 2.05) is 91.1 Å². The van der Waals surface area contributed by atoms with Gasteiger partial charge in [-0.15, -0.1) is 0 Å². The molecule has 9 nitrogen and oxygen atoms in total. The summed E-state index contributed by atoms with van der Waals surface area (Å²) in [5.41, 5.74) is 2.85. The molecule has 42 heavy (non-hydrogen) atoms. The van der Waals surface area contributed by atoms with Gasteiger partial charge in [0, 0.05) is 61.8 Å². The van der Waals surface area contributed by atoms with Gasteiger partial charge in [-0.05, 0) is 74.2 Å². The molecule has 1 fully saturated rings. The van der Waals surface area contributed by atoms with Crippen molar-refractivity contribution >= 4 is 50.7 Å². The van der Waals surface area contributed by atoms with Gasteiger partial charge in [0.15, 0.2) is 0 Å². The van der Waals surface area contributed by atoms with Crippen LogP contribution in [0.15, 0.2) is 76.3 Å². The minimum absolute atomic E-state index is 0.216. The molecule has 0 unspecified atom stereocenters. The number of rotatable bonds is 7. The summed E-state index contributed by atoms with van der Waals surface area (Å²) in [6.45, 7) is 5.04. The van der Waals surface area contributed by atoms with Crippen molar-refractivity contribution in [3.63, 3.8) is 0 Å². The fourth-order valence-corrected chi connectivity index (χ4v) is 6.11. The maximum atomic E-state index is 13.3. The summed E-state index contributed by atoms with van der Waals surface area (Å²) in [7, 11) is 3.75. The van der Waals surface area contributed by atoms with Gasteiger partial charge in [-0.2, -0.15) is 9.97 Å². The smallest absolute Gasteiger partial charge is 0.354 e. The average molecular weight is 584 g/mol. The molecule has 0 aliphatic carbocycles. The number of nitrogens with one attached hydrogen (secondary N) is 1. The molecule has 2 aromatic heterocycles. The van der Waals surface area contributed by atoms with E-state index >= 15 is 0 Å². The second-order valence-electron chi connectivity index (χ2n) is 11.0. The highest BCUT2D eigenvalue weighted by Crippen LogP contribution is 2.30. The molecular formula is C32H34ClN7O2. The Morgan fingerprint density at radius 2 is 1.64 bits per heavy atom. The van der Waals surface area contributed by atoms with E-state index < -0.39 is 0 Å². The Morgan fingerprint density at radius 1 is 0.881 bits per heavy atom. The molecule has 216 valence electrons. The summed E-state index contributed by atoms with van der Waals surface area (Å²) in [6, 6.07) is 21.5. The Bertz CT molecular complexity index is 1890. The predicted molar refractivity (Wildman–Crippen MR) is 172 cm³/mol. The van der Waals surface area contributed by atoms with E-state index in [9.17, 15) is 9.59 Å². The SMILES string of the molecule is CCNc1nc(=O)n(CC2CCN(c3cccc(-n4c(=O)nc(N(C)C)c5ccc(Cl)cc54)c3)CC2)c2ccccc12. The first-order chi connectivity index (χ1) is 20.3. The monoisotopic (exact) mass is 583 g/mol. The van der Waals surface area contributed by atoms with E-state index in [-0.39, 0.29) is 11.4 Å². The molecule has 10 heteroatoms. The second-order valence-corrected chi connectivity index (χ2v) is 11.4. The van der Waals surface area contributed by atoms with Crippen LogP contribution in [0.3, 0.4) is 0 Å². The predicted octanol–water partition coefficient (Wildman–Crippen LogP) is 5.16. The van der Waals surface area contributed by atoms with Crippen LogP contribution in [0.25, 0.3) is 27.5 Å². The zero-order valence-electron chi connectivity index (χ0n) is 24.0. The Hall–Kier alpha value is -4.37. The number of anilines is 3. The first kappa shape index (κ1) is 27.8. The van der Waals surface area contributed by atoms with Crippen LogP contribution >= 0.6 is 11.6 Å². The minimum Gasteiger partial charge on any atom is -0.371 e. The Labute approximate surface area is 249 Å². The molecule has 0 amide bonds. The van der Waals surface area contributed by atoms with Crippen molar-refractivity contribution in [3.05, 3.63) is 92.7 Å². The summed E-state index contributed by atoms with van der Waals surface area (Å²) < 4.78 is 3.45. The highest BCUT2D eigenvalue weighted by Gasteiger charge is 2.22. The number of benzene rings is 3. The first-order valence-corrected chi connectivity index (χ1v) is 14.7. The van der Waals surface area contributed by atoms with Crippen LogP contribution in [0.1, 0.15) is 19.8 Å². The number of para-hydroxylation sites is 1. The van der Waals surface area contributed by atoms with Crippen molar-refractivity contribution in [2.45, 2.75) is 26.3 Å². The van der Waals surface area contributed by atoms with E-state index in [1.165, 1.54) is 0 Å². The molecule has 0 spiro atoms. The largest absolute Gasteiger partial charge is 0.371 e. The van der Waals surface area contributed by atoms with Crippen LogP contribution < -0.4 is 26.5 Å². The summed E-state index contributed by atoms with van der Waals surface area (Å²) in [5, 5.41) is 5.60. The molecule has 0 atom stereocenters. The molecule has 1 aliphatic rings. The van der Waals surface area contributed by atoms with Crippen molar-refractivity contribution < 1.29 is 0 Å². The van der Waals surface area contributed by atoms with Gasteiger partial charge in [0.05, 0.1) is 16.7 Å². The molecule has 0 saturated carbocycles. The zero-order chi connectivity index (χ0) is 29.4. The van der Waals surface area contributed by atoms with Crippen LogP contribution in [-0.2, 0) is 6.54 Å². The highest BCUT2D eigenvalue weighted by molar-refractivity contribution is 6.31. The van der Waals surface area contributed by atoms with Gasteiger partial charge in [0.2, 0.25) is 0 Å². The van der Waals surface area contributed by atoms with E-state index in [1.54, 1.807) is 4.57 Å². The first-order valence-electron chi connectivity index (χ1n) is 14.3. The van der Waals surface area contributed by atoms with Gasteiger partial charge in [-0.25, -0.2) is 9.59 Å². The van der Waals surface area contributed by atoms with E-state index in [0.717, 1.165) is 53.6 Å². The van der Waals surface area contributed by atoms with Crippen molar-refractivity contribution in [1.82, 2.24) is 19.1 Å². The number of nitrogens with zero attached hydrogens (tertiary/aromatic N) is 6. The number of hydrogen-bond donors (Lipinski definition) is 1. The molecule has 0 radical (unpaired) electrons. The fraction of sp³-hybridized carbons (Fsp3) is 0.312. The third-order valence-electron chi connectivity index (χ3n) is 8.00. The molecule has 3 heterocycles. The van der Waals surface area contributed by atoms with Crippen molar-refractivity contribution in [3.8, 4) is 5.69 Å². The molecule has 1 aliphatic heterocycles. The van der Waals surface area contributed by atoms with E-state index in [0.29, 0.717) is 41.2 Å². The second kappa shape index (κ2) is 11.5. The average Bonchev–Trinajstić information content (AvgIpc) is 2.99. The molecule has 0 bridgehead atoms. The molecule has 1 N–H and O–H groups in total. The van der Waals surface area contributed by atoms with E-state index in [2.05, 4.69) is 26.3 Å². The molecule has 3 aromatic carbocycles. The number of hydrogen-bond acceptors (Lipinski definition) is 7. The maximum Gasteiger partial charge on any atom is 0.354 e. The van der Waals surface area contributed by atoms with Gasteiger partial charge >= 0.3 is 11.4 Å². The normalized spacial score (nSPS) is 14.0. The fourth-order valence-electron chi connectivity index (χ4n) is 5.94. The summed E-state index contributed by atoms with van der Waals surface area (Å²) >= 11 is 6.36. The van der Waals surface area contributed by atoms with Crippen LogP contribution in [0.4, 0.5) is 17.3 Å². The third kappa shape index (κ3) is 5.20. The molecule has 5 aromatic rings. The minimum atomic E-state index is -0.351. The lowest BCUT2D eigenvalue weighted by Gasteiger charge is -2.34. The Balaban J connectivity index is 1.25.